The van der Waals surface area contributed by atoms with Crippen LogP contribution >= 0.6 is 0 Å². The number of rotatable bonds is 7. The number of esters is 1. The van der Waals surface area contributed by atoms with Crippen LogP contribution in [0.4, 0.5) is 17.3 Å². The maximum Gasteiger partial charge on any atom is 0.357 e. The molecule has 1 aliphatic heterocycles. The zero-order valence-electron chi connectivity index (χ0n) is 19.4. The minimum Gasteiger partial charge on any atom is -0.461 e. The number of benzene rings is 1. The van der Waals surface area contributed by atoms with Crippen LogP contribution in [-0.2, 0) is 4.74 Å². The molecule has 9 nitrogen and oxygen atoms in total. The largest absolute Gasteiger partial charge is 0.461 e. The first kappa shape index (κ1) is 23.7. The molecule has 4 rings (SSSR count). The lowest BCUT2D eigenvalue weighted by atomic mass is 9.98. The number of nitriles is 1. The number of hydrogen-bond acceptors (Lipinski definition) is 8. The van der Waals surface area contributed by atoms with Crippen LogP contribution in [0.2, 0.25) is 0 Å². The van der Waals surface area contributed by atoms with E-state index in [9.17, 15) is 9.59 Å². The summed E-state index contributed by atoms with van der Waals surface area (Å²) in [5, 5.41) is 12.2. The molecular weight excluding hydrogens is 444 g/mol. The zero-order valence-corrected chi connectivity index (χ0v) is 19.4. The van der Waals surface area contributed by atoms with E-state index in [4.69, 9.17) is 15.7 Å². The Bertz CT molecular complexity index is 1250. The van der Waals surface area contributed by atoms with Crippen molar-refractivity contribution in [3.8, 4) is 17.2 Å². The zero-order chi connectivity index (χ0) is 24.8. The Kier molecular flexibility index (Phi) is 7.21. The molecule has 9 heteroatoms. The van der Waals surface area contributed by atoms with E-state index in [-0.39, 0.29) is 29.6 Å². The SMILES string of the molecule is CCOC(=O)c1cc(-c2ccc(N3CCC(C#N)CC3)nc2)c(C(N)=O)c(Nc2ccccc2)n1. The van der Waals surface area contributed by atoms with Gasteiger partial charge in [-0.1, -0.05) is 18.2 Å². The molecule has 1 aliphatic rings. The summed E-state index contributed by atoms with van der Waals surface area (Å²) < 4.78 is 5.15. The molecule has 1 fully saturated rings. The Morgan fingerprint density at radius 3 is 2.54 bits per heavy atom. The second-order valence-corrected chi connectivity index (χ2v) is 8.15. The van der Waals surface area contributed by atoms with Gasteiger partial charge in [0.05, 0.1) is 18.2 Å². The number of primary amides is 1. The van der Waals surface area contributed by atoms with Crippen molar-refractivity contribution in [3.05, 3.63) is 66.0 Å². The van der Waals surface area contributed by atoms with E-state index < -0.39 is 11.9 Å². The molecule has 35 heavy (non-hydrogen) atoms. The van der Waals surface area contributed by atoms with Gasteiger partial charge >= 0.3 is 5.97 Å². The fraction of sp³-hybridized carbons (Fsp3) is 0.269. The quantitative estimate of drug-likeness (QED) is 0.497. The number of carbonyl (C=O) groups is 2. The van der Waals surface area contributed by atoms with Gasteiger partial charge in [0.1, 0.15) is 11.6 Å². The molecule has 1 aromatic carbocycles. The van der Waals surface area contributed by atoms with Crippen LogP contribution in [0.3, 0.4) is 0 Å². The predicted octanol–water partition coefficient (Wildman–Crippen LogP) is 3.90. The number of amides is 1. The molecule has 0 radical (unpaired) electrons. The third-order valence-corrected chi connectivity index (χ3v) is 5.85. The predicted molar refractivity (Wildman–Crippen MR) is 132 cm³/mol. The van der Waals surface area contributed by atoms with Crippen LogP contribution in [0.15, 0.2) is 54.7 Å². The van der Waals surface area contributed by atoms with E-state index in [0.717, 1.165) is 31.7 Å². The number of nitrogens with zero attached hydrogens (tertiary/aromatic N) is 4. The monoisotopic (exact) mass is 470 g/mol. The molecule has 3 aromatic rings. The Morgan fingerprint density at radius 2 is 1.94 bits per heavy atom. The molecule has 0 bridgehead atoms. The number of piperidine rings is 1. The van der Waals surface area contributed by atoms with Crippen molar-refractivity contribution in [2.45, 2.75) is 19.8 Å². The first-order chi connectivity index (χ1) is 17.0. The van der Waals surface area contributed by atoms with Gasteiger partial charge in [0, 0.05) is 42.0 Å². The minimum absolute atomic E-state index is 0.0490. The summed E-state index contributed by atoms with van der Waals surface area (Å²) in [4.78, 5) is 36.2. The number of anilines is 3. The van der Waals surface area contributed by atoms with Crippen molar-refractivity contribution < 1.29 is 14.3 Å². The number of pyridine rings is 2. The summed E-state index contributed by atoms with van der Waals surface area (Å²) in [5.41, 5.74) is 7.69. The molecule has 1 saturated heterocycles. The lowest BCUT2D eigenvalue weighted by Crippen LogP contribution is -2.33. The van der Waals surface area contributed by atoms with Crippen molar-refractivity contribution in [2.24, 2.45) is 11.7 Å². The van der Waals surface area contributed by atoms with Gasteiger partial charge < -0.3 is 20.7 Å². The Labute approximate surface area is 203 Å². The topological polar surface area (TPSA) is 134 Å². The smallest absolute Gasteiger partial charge is 0.357 e. The number of aromatic nitrogens is 2. The Morgan fingerprint density at radius 1 is 1.20 bits per heavy atom. The van der Waals surface area contributed by atoms with Gasteiger partial charge in [-0.25, -0.2) is 14.8 Å². The number of nitrogens with one attached hydrogen (secondary N) is 1. The van der Waals surface area contributed by atoms with E-state index in [1.165, 1.54) is 6.07 Å². The van der Waals surface area contributed by atoms with Crippen molar-refractivity contribution in [1.82, 2.24) is 9.97 Å². The summed E-state index contributed by atoms with van der Waals surface area (Å²) in [6, 6.07) is 16.7. The summed E-state index contributed by atoms with van der Waals surface area (Å²) in [5.74, 6) is -0.271. The number of carbonyl (C=O) groups excluding carboxylic acids is 2. The Balaban J connectivity index is 1.74. The van der Waals surface area contributed by atoms with Crippen molar-refractivity contribution in [2.75, 3.05) is 29.9 Å². The highest BCUT2D eigenvalue weighted by Crippen LogP contribution is 2.32. The van der Waals surface area contributed by atoms with Crippen LogP contribution in [0, 0.1) is 17.2 Å². The summed E-state index contributed by atoms with van der Waals surface area (Å²) >= 11 is 0. The molecule has 3 N–H and O–H groups in total. The highest BCUT2D eigenvalue weighted by atomic mass is 16.5. The maximum atomic E-state index is 12.6. The molecular formula is C26H26N6O3. The van der Waals surface area contributed by atoms with Gasteiger partial charge in [-0.2, -0.15) is 5.26 Å². The van der Waals surface area contributed by atoms with Crippen LogP contribution in [-0.4, -0.2) is 41.5 Å². The van der Waals surface area contributed by atoms with Gasteiger partial charge in [-0.3, -0.25) is 4.79 Å². The molecule has 0 aliphatic carbocycles. The first-order valence-electron chi connectivity index (χ1n) is 11.4. The van der Waals surface area contributed by atoms with E-state index in [2.05, 4.69) is 26.3 Å². The lowest BCUT2D eigenvalue weighted by Gasteiger charge is -2.30. The van der Waals surface area contributed by atoms with Gasteiger partial charge in [0.15, 0.2) is 5.69 Å². The maximum absolute atomic E-state index is 12.6. The van der Waals surface area contributed by atoms with E-state index in [1.54, 1.807) is 13.1 Å². The molecule has 3 heterocycles. The highest BCUT2D eigenvalue weighted by molar-refractivity contribution is 6.06. The molecule has 0 atom stereocenters. The second kappa shape index (κ2) is 10.7. The van der Waals surface area contributed by atoms with Gasteiger partial charge in [-0.05, 0) is 50.1 Å². The molecule has 178 valence electrons. The molecule has 0 saturated carbocycles. The van der Waals surface area contributed by atoms with Crippen molar-refractivity contribution in [1.29, 1.82) is 5.26 Å². The average Bonchev–Trinajstić information content (AvgIpc) is 2.89. The van der Waals surface area contributed by atoms with Crippen molar-refractivity contribution >= 4 is 29.2 Å². The van der Waals surface area contributed by atoms with E-state index >= 15 is 0 Å². The lowest BCUT2D eigenvalue weighted by molar-refractivity contribution is 0.0519. The third kappa shape index (κ3) is 5.38. The van der Waals surface area contributed by atoms with Gasteiger partial charge in [-0.15, -0.1) is 0 Å². The summed E-state index contributed by atoms with van der Waals surface area (Å²) in [6.07, 6.45) is 3.25. The normalized spacial score (nSPS) is 13.7. The number of ether oxygens (including phenoxy) is 1. The fourth-order valence-corrected chi connectivity index (χ4v) is 4.05. The van der Waals surface area contributed by atoms with Crippen LogP contribution in [0.1, 0.15) is 40.6 Å². The van der Waals surface area contributed by atoms with E-state index in [0.29, 0.717) is 16.8 Å². The first-order valence-corrected chi connectivity index (χ1v) is 11.4. The standard InChI is InChI=1S/C26H26N6O3/c1-2-35-26(34)21-14-20(23(24(28)33)25(31-21)30-19-6-4-3-5-7-19)18-8-9-22(29-16-18)32-12-10-17(15-27)11-13-32/h3-9,14,16-17H,2,10-13H2,1H3,(H2,28,33)(H,30,31). The average molecular weight is 471 g/mol. The van der Waals surface area contributed by atoms with E-state index in [1.807, 2.05) is 42.5 Å². The van der Waals surface area contributed by atoms with Crippen LogP contribution < -0.4 is 16.0 Å². The summed E-state index contributed by atoms with van der Waals surface area (Å²) in [6.45, 7) is 3.41. The number of para-hydroxylation sites is 1. The van der Waals surface area contributed by atoms with Gasteiger partial charge in [0.2, 0.25) is 0 Å². The highest BCUT2D eigenvalue weighted by Gasteiger charge is 2.23. The fourth-order valence-electron chi connectivity index (χ4n) is 4.05. The third-order valence-electron chi connectivity index (χ3n) is 5.85. The number of nitrogens with two attached hydrogens (primary N) is 1. The summed E-state index contributed by atoms with van der Waals surface area (Å²) in [7, 11) is 0. The van der Waals surface area contributed by atoms with Crippen LogP contribution in [0.5, 0.6) is 0 Å². The van der Waals surface area contributed by atoms with Crippen LogP contribution in [0.25, 0.3) is 11.1 Å². The Hall–Kier alpha value is -4.45. The number of hydrogen-bond donors (Lipinski definition) is 2. The minimum atomic E-state index is -0.691. The van der Waals surface area contributed by atoms with Crippen molar-refractivity contribution in [3.63, 3.8) is 0 Å². The molecule has 1 amide bonds. The van der Waals surface area contributed by atoms with Gasteiger partial charge in [0.25, 0.3) is 5.91 Å². The molecule has 0 unspecified atom stereocenters. The molecule has 2 aromatic heterocycles. The molecule has 0 spiro atoms. The second-order valence-electron chi connectivity index (χ2n) is 8.15.